The molecule has 19 nitrogen and oxygen atoms in total. The molecule has 4 atom stereocenters. The lowest BCUT2D eigenvalue weighted by Crippen LogP contribution is -2.60. The zero-order chi connectivity index (χ0) is 46.8. The number of hydrogen-bond donors (Lipinski definition) is 7. The fourth-order valence-electron chi connectivity index (χ4n) is 8.23. The highest BCUT2D eigenvalue weighted by atomic mass is 35.5. The number of amides is 7. The van der Waals surface area contributed by atoms with Crippen LogP contribution in [0.1, 0.15) is 65.8 Å². The van der Waals surface area contributed by atoms with Crippen molar-refractivity contribution < 1.29 is 56.6 Å². The number of primary amides is 1. The minimum Gasteiger partial charge on any atom is -0.490 e. The number of nitrogens with two attached hydrogens (primary N) is 1. The molecule has 0 aliphatic carbocycles. The van der Waals surface area contributed by atoms with Gasteiger partial charge in [0.25, 0.3) is 5.91 Å². The molecule has 2 aromatic carbocycles. The second kappa shape index (κ2) is 19.2. The third kappa shape index (κ3) is 10.6. The van der Waals surface area contributed by atoms with E-state index in [2.05, 4.69) is 25.9 Å². The number of ether oxygens (including phenoxy) is 1. The average molecular weight is 942 g/mol. The summed E-state index contributed by atoms with van der Waals surface area (Å²) in [5.74, 6) is -2.42. The van der Waals surface area contributed by atoms with Crippen molar-refractivity contribution in [3.05, 3.63) is 88.3 Å². The molecule has 0 saturated carbocycles. The number of halogens is 3. The number of nitrogens with one attached hydrogen (secondary N) is 4. The van der Waals surface area contributed by atoms with Gasteiger partial charge in [-0.05, 0) is 81.2 Å². The lowest BCUT2D eigenvalue weighted by molar-refractivity contribution is -0.143. The Morgan fingerprint density at radius 3 is 2.57 bits per heavy atom. The Labute approximate surface area is 375 Å². The molecular weight excluding hydrogens is 895 g/mol. The number of rotatable bonds is 15. The Morgan fingerprint density at radius 1 is 1.08 bits per heavy atom. The SMILES string of the molecule is CN1CC[C@H]2CC[C@@H](C(=O)N[C@@H](CCC(N)=O)COc3cccc(Cc4ccc(N5CCC(=O)NC5=O)cn4)c3Cl)N2C(=O)[C@@H](NC(=O)c2cc3cc(C(F)(F)P(=O)(O)O)ccc3[nH]2)C1. The summed E-state index contributed by atoms with van der Waals surface area (Å²) in [6, 6.07) is 9.06. The predicted octanol–water partition coefficient (Wildman–Crippen LogP) is 3.10. The largest absolute Gasteiger partial charge is 0.490 e. The van der Waals surface area contributed by atoms with E-state index < -0.39 is 66.6 Å². The molecule has 4 aromatic rings. The number of benzene rings is 2. The van der Waals surface area contributed by atoms with Crippen LogP contribution in [-0.2, 0) is 35.8 Å². The fraction of sp³-hybridized carbons (Fsp3) is 0.405. The lowest BCUT2D eigenvalue weighted by atomic mass is 10.1. The van der Waals surface area contributed by atoms with E-state index in [9.17, 15) is 51.9 Å². The molecule has 0 bridgehead atoms. The molecular formula is C42H47ClF2N9O10P. The van der Waals surface area contributed by atoms with Gasteiger partial charge in [0.15, 0.2) is 0 Å². The lowest BCUT2D eigenvalue weighted by Gasteiger charge is -2.38. The van der Waals surface area contributed by atoms with Gasteiger partial charge >= 0.3 is 19.3 Å². The van der Waals surface area contributed by atoms with Crippen LogP contribution in [-0.4, -0.2) is 123 Å². The Hall–Kier alpha value is -5.99. The van der Waals surface area contributed by atoms with Crippen LogP contribution in [0.15, 0.2) is 60.8 Å². The van der Waals surface area contributed by atoms with Gasteiger partial charge in [0.1, 0.15) is 30.1 Å². The van der Waals surface area contributed by atoms with Crippen molar-refractivity contribution in [2.24, 2.45) is 5.73 Å². The van der Waals surface area contributed by atoms with E-state index in [-0.39, 0.29) is 72.5 Å². The number of likely N-dealkylation sites (N-methyl/N-ethyl adjacent to an activating group) is 1. The van der Waals surface area contributed by atoms with E-state index >= 15 is 0 Å². The molecule has 65 heavy (non-hydrogen) atoms. The summed E-state index contributed by atoms with van der Waals surface area (Å²) >= 11 is 6.80. The van der Waals surface area contributed by atoms with Crippen molar-refractivity contribution in [3.63, 3.8) is 0 Å². The highest BCUT2D eigenvalue weighted by Crippen LogP contribution is 2.59. The van der Waals surface area contributed by atoms with Gasteiger partial charge in [0, 0.05) is 60.6 Å². The summed E-state index contributed by atoms with van der Waals surface area (Å²) in [4.78, 5) is 108. The Balaban J connectivity index is 1.02. The number of fused-ring (bicyclic) bond motifs is 2. The van der Waals surface area contributed by atoms with E-state index in [4.69, 9.17) is 22.1 Å². The normalized spacial score (nSPS) is 20.2. The molecule has 0 unspecified atom stereocenters. The summed E-state index contributed by atoms with van der Waals surface area (Å²) in [5.41, 5.74) is 2.05. The number of hydrogen-bond acceptors (Lipinski definition) is 10. The first-order chi connectivity index (χ1) is 30.8. The Morgan fingerprint density at radius 2 is 1.86 bits per heavy atom. The van der Waals surface area contributed by atoms with Crippen LogP contribution >= 0.6 is 19.2 Å². The minimum absolute atomic E-state index is 0.0784. The molecule has 0 spiro atoms. The second-order valence-electron chi connectivity index (χ2n) is 16.3. The van der Waals surface area contributed by atoms with Crippen LogP contribution in [0.2, 0.25) is 5.02 Å². The van der Waals surface area contributed by atoms with Crippen LogP contribution in [0, 0.1) is 0 Å². The van der Waals surface area contributed by atoms with Crippen molar-refractivity contribution in [1.29, 1.82) is 0 Å². The average Bonchev–Trinajstić information content (AvgIpc) is 3.88. The summed E-state index contributed by atoms with van der Waals surface area (Å²) in [6.07, 6.45) is 3.39. The number of aromatic amines is 1. The van der Waals surface area contributed by atoms with Gasteiger partial charge < -0.3 is 45.7 Å². The van der Waals surface area contributed by atoms with Crippen molar-refractivity contribution in [2.75, 3.05) is 38.2 Å². The van der Waals surface area contributed by atoms with Crippen molar-refractivity contribution in [3.8, 4) is 5.75 Å². The quantitative estimate of drug-likeness (QED) is 0.0848. The molecule has 7 amide bonds. The number of nitrogens with zero attached hydrogens (tertiary/aromatic N) is 4. The molecule has 23 heteroatoms. The fourth-order valence-corrected chi connectivity index (χ4v) is 8.96. The summed E-state index contributed by atoms with van der Waals surface area (Å²) < 4.78 is 46.5. The van der Waals surface area contributed by atoms with Gasteiger partial charge in [-0.2, -0.15) is 8.78 Å². The van der Waals surface area contributed by atoms with E-state index in [0.29, 0.717) is 54.9 Å². The van der Waals surface area contributed by atoms with E-state index in [1.54, 1.807) is 37.4 Å². The van der Waals surface area contributed by atoms with E-state index in [1.807, 2.05) is 4.90 Å². The Bertz CT molecular complexity index is 2560. The maximum atomic E-state index is 14.4. The molecule has 3 saturated heterocycles. The van der Waals surface area contributed by atoms with Gasteiger partial charge in [-0.3, -0.25) is 43.7 Å². The molecule has 3 aliphatic heterocycles. The number of H-pyrrole nitrogens is 1. The molecule has 5 heterocycles. The third-order valence-electron chi connectivity index (χ3n) is 11.7. The number of aromatic nitrogens is 2. The van der Waals surface area contributed by atoms with E-state index in [0.717, 1.165) is 18.2 Å². The first kappa shape index (κ1) is 47.0. The van der Waals surface area contributed by atoms with E-state index in [1.165, 1.54) is 22.1 Å². The molecule has 3 fully saturated rings. The standard InChI is InChI=1S/C42H47ClF2N9O10P/c1-52-15-13-28-9-11-33(54(28)40(59)32(21-52)50-38(57)31-19-24-17-25(5-10-30(24)49-31)42(44,45)65(61,62)63)39(58)48-27(7-12-35(46)55)22-64-34-4-2-3-23(37(34)43)18-26-6-8-29(20-47-26)53-16-14-36(56)51-41(53)60/h2-6,8,10,17,19-20,27-28,32-33,49H,7,9,11-16,18,21-22H2,1H3,(H2,46,55)(H,48,58)(H,50,57)(H,51,56,60)(H2,61,62,63)/t27-,28+,32-,33-/m0/s1. The molecule has 0 radical (unpaired) electrons. The number of alkyl halides is 2. The summed E-state index contributed by atoms with van der Waals surface area (Å²) in [5, 5.41) is 8.30. The molecule has 7 rings (SSSR count). The minimum atomic E-state index is -5.84. The van der Waals surface area contributed by atoms with Gasteiger partial charge in [0.2, 0.25) is 23.6 Å². The number of carbonyl (C=O) groups is 6. The number of carbonyl (C=O) groups excluding carboxylic acids is 6. The molecule has 2 aromatic heterocycles. The van der Waals surface area contributed by atoms with Crippen LogP contribution in [0.25, 0.3) is 10.9 Å². The zero-order valence-electron chi connectivity index (χ0n) is 35.0. The second-order valence-corrected chi connectivity index (χ2v) is 18.4. The highest BCUT2D eigenvalue weighted by molar-refractivity contribution is 7.52. The van der Waals surface area contributed by atoms with Crippen LogP contribution in [0.5, 0.6) is 5.75 Å². The van der Waals surface area contributed by atoms with Crippen molar-refractivity contribution in [1.82, 2.24) is 35.7 Å². The van der Waals surface area contributed by atoms with Crippen LogP contribution in [0.3, 0.4) is 0 Å². The highest BCUT2D eigenvalue weighted by Gasteiger charge is 2.50. The number of pyridine rings is 1. The topological polar surface area (TPSA) is 270 Å². The zero-order valence-corrected chi connectivity index (χ0v) is 36.6. The van der Waals surface area contributed by atoms with Gasteiger partial charge in [0.05, 0.1) is 22.9 Å². The number of urea groups is 1. The predicted molar refractivity (Wildman–Crippen MR) is 231 cm³/mol. The third-order valence-corrected chi connectivity index (χ3v) is 13.1. The maximum Gasteiger partial charge on any atom is 0.399 e. The summed E-state index contributed by atoms with van der Waals surface area (Å²) in [6.45, 7) is 0.731. The maximum absolute atomic E-state index is 14.4. The molecule has 3 aliphatic rings. The molecule has 8 N–H and O–H groups in total. The molecule has 346 valence electrons. The first-order valence-corrected chi connectivity index (χ1v) is 22.7. The van der Waals surface area contributed by atoms with Gasteiger partial charge in [-0.1, -0.05) is 29.8 Å². The Kier molecular flexibility index (Phi) is 13.9. The van der Waals surface area contributed by atoms with Crippen LogP contribution in [0.4, 0.5) is 19.3 Å². The van der Waals surface area contributed by atoms with Gasteiger partial charge in [-0.25, -0.2) is 4.79 Å². The van der Waals surface area contributed by atoms with Crippen molar-refractivity contribution in [2.45, 2.75) is 74.8 Å². The van der Waals surface area contributed by atoms with Gasteiger partial charge in [-0.15, -0.1) is 0 Å². The smallest absolute Gasteiger partial charge is 0.399 e. The monoisotopic (exact) mass is 941 g/mol. The number of imide groups is 1. The summed E-state index contributed by atoms with van der Waals surface area (Å²) in [7, 11) is -4.06. The number of anilines is 1. The van der Waals surface area contributed by atoms with Crippen LogP contribution < -0.4 is 31.3 Å². The van der Waals surface area contributed by atoms with Crippen molar-refractivity contribution >= 4 is 71.4 Å². The first-order valence-electron chi connectivity index (χ1n) is 20.7.